The van der Waals surface area contributed by atoms with Crippen molar-refractivity contribution in [2.24, 2.45) is 5.41 Å². The molecule has 0 saturated carbocycles. The molecule has 0 rings (SSSR count). The highest BCUT2D eigenvalue weighted by atomic mass is 14.2. The van der Waals surface area contributed by atoms with E-state index in [1.54, 1.807) is 0 Å². The van der Waals surface area contributed by atoms with Gasteiger partial charge < -0.3 is 0 Å². The zero-order chi connectivity index (χ0) is 11.1. The SMILES string of the molecule is CC.CC(C)=C/C=C(\C)C(C)(C)C. The molecule has 0 aliphatic carbocycles. The molecule has 0 aromatic carbocycles. The predicted octanol–water partition coefficient (Wildman–Crippen LogP) is 4.97. The average molecular weight is 182 g/mol. The molecule has 0 atom stereocenters. The molecular formula is C13H26. The van der Waals surface area contributed by atoms with Crippen LogP contribution in [0.4, 0.5) is 0 Å². The van der Waals surface area contributed by atoms with Gasteiger partial charge in [-0.25, -0.2) is 0 Å². The second kappa shape index (κ2) is 6.94. The van der Waals surface area contributed by atoms with Gasteiger partial charge in [0.1, 0.15) is 0 Å². The fraction of sp³-hybridized carbons (Fsp3) is 0.692. The van der Waals surface area contributed by atoms with Crippen LogP contribution in [0, 0.1) is 5.41 Å². The van der Waals surface area contributed by atoms with Gasteiger partial charge in [-0.15, -0.1) is 0 Å². The maximum Gasteiger partial charge on any atom is -0.0173 e. The molecule has 0 aromatic heterocycles. The quantitative estimate of drug-likeness (QED) is 0.502. The summed E-state index contributed by atoms with van der Waals surface area (Å²) in [4.78, 5) is 0. The number of rotatable bonds is 1. The van der Waals surface area contributed by atoms with Gasteiger partial charge in [-0.2, -0.15) is 0 Å². The van der Waals surface area contributed by atoms with Crippen LogP contribution in [0.2, 0.25) is 0 Å². The van der Waals surface area contributed by atoms with Crippen LogP contribution in [0.3, 0.4) is 0 Å². The van der Waals surface area contributed by atoms with E-state index in [-0.39, 0.29) is 0 Å². The summed E-state index contributed by atoms with van der Waals surface area (Å²) in [6.07, 6.45) is 4.37. The minimum absolute atomic E-state index is 0.311. The normalized spacial score (nSPS) is 11.5. The van der Waals surface area contributed by atoms with Crippen molar-refractivity contribution in [1.29, 1.82) is 0 Å². The molecule has 0 heteroatoms. The molecular weight excluding hydrogens is 156 g/mol. The van der Waals surface area contributed by atoms with E-state index in [1.807, 2.05) is 13.8 Å². The van der Waals surface area contributed by atoms with E-state index in [1.165, 1.54) is 11.1 Å². The lowest BCUT2D eigenvalue weighted by atomic mass is 9.87. The molecule has 0 aromatic rings. The molecule has 0 nitrogen and oxygen atoms in total. The summed E-state index contributed by atoms with van der Waals surface area (Å²) in [6, 6.07) is 0. The summed E-state index contributed by atoms with van der Waals surface area (Å²) >= 11 is 0. The third-order valence-electron chi connectivity index (χ3n) is 1.85. The Labute approximate surface area is 84.7 Å². The van der Waals surface area contributed by atoms with Crippen LogP contribution >= 0.6 is 0 Å². The van der Waals surface area contributed by atoms with Crippen molar-refractivity contribution in [1.82, 2.24) is 0 Å². The summed E-state index contributed by atoms with van der Waals surface area (Å²) in [5.74, 6) is 0. The second-order valence-electron chi connectivity index (χ2n) is 4.34. The first-order valence-corrected chi connectivity index (χ1v) is 5.16. The summed E-state index contributed by atoms with van der Waals surface area (Å²) in [7, 11) is 0. The summed E-state index contributed by atoms with van der Waals surface area (Å²) in [5, 5.41) is 0. The average Bonchev–Trinajstić information content (AvgIpc) is 2.02. The zero-order valence-corrected chi connectivity index (χ0v) is 10.7. The first kappa shape index (κ1) is 15.0. The van der Waals surface area contributed by atoms with Crippen molar-refractivity contribution >= 4 is 0 Å². The van der Waals surface area contributed by atoms with Crippen molar-refractivity contribution in [3.05, 3.63) is 23.3 Å². The lowest BCUT2D eigenvalue weighted by molar-refractivity contribution is 0.504. The van der Waals surface area contributed by atoms with E-state index in [0.29, 0.717) is 5.41 Å². The van der Waals surface area contributed by atoms with Crippen molar-refractivity contribution in [3.8, 4) is 0 Å². The van der Waals surface area contributed by atoms with Gasteiger partial charge in [0.15, 0.2) is 0 Å². The van der Waals surface area contributed by atoms with Crippen LogP contribution in [0.1, 0.15) is 55.4 Å². The molecule has 0 spiro atoms. The van der Waals surface area contributed by atoms with Crippen LogP contribution < -0.4 is 0 Å². The van der Waals surface area contributed by atoms with Gasteiger partial charge in [-0.3, -0.25) is 0 Å². The Morgan fingerprint density at radius 1 is 0.846 bits per heavy atom. The fourth-order valence-corrected chi connectivity index (χ4v) is 0.542. The maximum absolute atomic E-state index is 2.23. The smallest absolute Gasteiger partial charge is 0.0173 e. The van der Waals surface area contributed by atoms with Gasteiger partial charge in [0.2, 0.25) is 0 Å². The molecule has 0 amide bonds. The Morgan fingerprint density at radius 3 is 1.46 bits per heavy atom. The highest BCUT2D eigenvalue weighted by Crippen LogP contribution is 2.24. The highest BCUT2D eigenvalue weighted by Gasteiger charge is 2.10. The summed E-state index contributed by atoms with van der Waals surface area (Å²) in [5.41, 5.74) is 3.10. The number of hydrogen-bond acceptors (Lipinski definition) is 0. The van der Waals surface area contributed by atoms with Crippen LogP contribution in [0.5, 0.6) is 0 Å². The van der Waals surface area contributed by atoms with E-state index in [2.05, 4.69) is 53.7 Å². The molecule has 0 aliphatic rings. The molecule has 13 heavy (non-hydrogen) atoms. The van der Waals surface area contributed by atoms with E-state index < -0.39 is 0 Å². The summed E-state index contributed by atoms with van der Waals surface area (Å²) in [6.45, 7) is 17.1. The monoisotopic (exact) mass is 182 g/mol. The molecule has 0 N–H and O–H groups in total. The molecule has 0 radical (unpaired) electrons. The fourth-order valence-electron chi connectivity index (χ4n) is 0.542. The van der Waals surface area contributed by atoms with Crippen molar-refractivity contribution in [2.45, 2.75) is 55.4 Å². The third-order valence-corrected chi connectivity index (χ3v) is 1.85. The van der Waals surface area contributed by atoms with Gasteiger partial charge in [0, 0.05) is 0 Å². The van der Waals surface area contributed by atoms with Crippen LogP contribution in [-0.2, 0) is 0 Å². The lowest BCUT2D eigenvalue weighted by Gasteiger charge is -2.18. The third kappa shape index (κ3) is 9.39. The molecule has 0 fully saturated rings. The van der Waals surface area contributed by atoms with Crippen molar-refractivity contribution in [2.75, 3.05) is 0 Å². The molecule has 0 aliphatic heterocycles. The van der Waals surface area contributed by atoms with E-state index in [4.69, 9.17) is 0 Å². The minimum atomic E-state index is 0.311. The number of allylic oxidation sites excluding steroid dienone is 4. The topological polar surface area (TPSA) is 0 Å². The molecule has 0 bridgehead atoms. The van der Waals surface area contributed by atoms with Crippen LogP contribution in [0.25, 0.3) is 0 Å². The van der Waals surface area contributed by atoms with Gasteiger partial charge in [-0.05, 0) is 26.2 Å². The first-order valence-electron chi connectivity index (χ1n) is 5.16. The Balaban J connectivity index is 0. The van der Waals surface area contributed by atoms with Crippen LogP contribution in [-0.4, -0.2) is 0 Å². The molecule has 78 valence electrons. The van der Waals surface area contributed by atoms with Gasteiger partial charge >= 0.3 is 0 Å². The van der Waals surface area contributed by atoms with Crippen molar-refractivity contribution in [3.63, 3.8) is 0 Å². The highest BCUT2D eigenvalue weighted by molar-refractivity contribution is 5.18. The van der Waals surface area contributed by atoms with Gasteiger partial charge in [0.05, 0.1) is 0 Å². The molecule has 0 saturated heterocycles. The molecule has 0 unspecified atom stereocenters. The Bertz CT molecular complexity index is 171. The van der Waals surface area contributed by atoms with Gasteiger partial charge in [0.25, 0.3) is 0 Å². The predicted molar refractivity (Wildman–Crippen MR) is 64.0 cm³/mol. The first-order chi connectivity index (χ1) is 5.84. The lowest BCUT2D eigenvalue weighted by Crippen LogP contribution is -2.05. The van der Waals surface area contributed by atoms with E-state index in [9.17, 15) is 0 Å². The van der Waals surface area contributed by atoms with E-state index in [0.717, 1.165) is 0 Å². The maximum atomic E-state index is 2.23. The van der Waals surface area contributed by atoms with Crippen molar-refractivity contribution < 1.29 is 0 Å². The Morgan fingerprint density at radius 2 is 1.23 bits per heavy atom. The minimum Gasteiger partial charge on any atom is -0.0764 e. The number of hydrogen-bond donors (Lipinski definition) is 0. The molecule has 0 heterocycles. The Kier molecular flexibility index (Phi) is 7.99. The Hall–Kier alpha value is -0.520. The van der Waals surface area contributed by atoms with E-state index >= 15 is 0 Å². The van der Waals surface area contributed by atoms with Crippen LogP contribution in [0.15, 0.2) is 23.3 Å². The second-order valence-corrected chi connectivity index (χ2v) is 4.34. The standard InChI is InChI=1S/C11H20.C2H6/c1-9(2)7-8-10(3)11(4,5)6;1-2/h7-8H,1-6H3;1-2H3/b10-8+;. The summed E-state index contributed by atoms with van der Waals surface area (Å²) < 4.78 is 0. The zero-order valence-electron chi connectivity index (χ0n) is 10.7. The van der Waals surface area contributed by atoms with Gasteiger partial charge in [-0.1, -0.05) is 57.9 Å². The largest absolute Gasteiger partial charge is 0.0764 e.